The van der Waals surface area contributed by atoms with Gasteiger partial charge in [0.1, 0.15) is 5.69 Å². The maximum Gasteiger partial charge on any atom is 0.289 e. The predicted molar refractivity (Wildman–Crippen MR) is 95.9 cm³/mol. The molecule has 0 unspecified atom stereocenters. The molecule has 3 rings (SSSR count). The van der Waals surface area contributed by atoms with E-state index in [2.05, 4.69) is 20.7 Å². The highest BCUT2D eigenvalue weighted by Gasteiger charge is 2.18. The first-order valence-corrected chi connectivity index (χ1v) is 9.00. The van der Waals surface area contributed by atoms with Gasteiger partial charge in [0.25, 0.3) is 5.91 Å². The van der Waals surface area contributed by atoms with Crippen molar-refractivity contribution in [3.05, 3.63) is 45.9 Å². The first-order chi connectivity index (χ1) is 12.1. The lowest BCUT2D eigenvalue weighted by molar-refractivity contribution is -0.121. The number of carbonyl (C=O) groups is 2. The summed E-state index contributed by atoms with van der Waals surface area (Å²) in [7, 11) is 0. The Labute approximate surface area is 153 Å². The molecule has 0 saturated carbocycles. The lowest BCUT2D eigenvalue weighted by Gasteiger charge is -2.25. The highest BCUT2D eigenvalue weighted by molar-refractivity contribution is 7.13. The lowest BCUT2D eigenvalue weighted by atomic mass is 10.1. The zero-order chi connectivity index (χ0) is 17.6. The van der Waals surface area contributed by atoms with Crippen molar-refractivity contribution >= 4 is 39.9 Å². The number of halogens is 1. The largest absolute Gasteiger partial charge is 0.378 e. The average Bonchev–Trinajstić information content (AvgIpc) is 3.13. The fraction of sp³-hybridized carbons (Fsp3) is 0.312. The fourth-order valence-corrected chi connectivity index (χ4v) is 3.38. The van der Waals surface area contributed by atoms with E-state index in [0.717, 1.165) is 18.2 Å². The number of amides is 2. The maximum absolute atomic E-state index is 12.1. The Morgan fingerprint density at radius 3 is 2.76 bits per heavy atom. The molecule has 1 aromatic carbocycles. The Morgan fingerprint density at radius 1 is 1.24 bits per heavy atom. The lowest BCUT2D eigenvalue weighted by Crippen LogP contribution is -2.42. The van der Waals surface area contributed by atoms with Crippen LogP contribution in [-0.4, -0.2) is 43.1 Å². The summed E-state index contributed by atoms with van der Waals surface area (Å²) in [5, 5.41) is 2.95. The van der Waals surface area contributed by atoms with Crippen LogP contribution in [0.25, 0.3) is 0 Å². The van der Waals surface area contributed by atoms with E-state index in [1.54, 1.807) is 29.6 Å². The number of hydrazine groups is 1. The fourth-order valence-electron chi connectivity index (χ4n) is 2.32. The number of hydrogen-bond donors (Lipinski definition) is 2. The van der Waals surface area contributed by atoms with Gasteiger partial charge in [0.05, 0.1) is 19.6 Å². The summed E-state index contributed by atoms with van der Waals surface area (Å²) < 4.78 is 5.30. The molecule has 1 saturated heterocycles. The second kappa shape index (κ2) is 8.28. The smallest absolute Gasteiger partial charge is 0.289 e. The van der Waals surface area contributed by atoms with Gasteiger partial charge in [-0.25, -0.2) is 4.98 Å². The molecule has 25 heavy (non-hydrogen) atoms. The van der Waals surface area contributed by atoms with Crippen molar-refractivity contribution in [3.8, 4) is 0 Å². The number of anilines is 1. The second-order valence-electron chi connectivity index (χ2n) is 5.39. The van der Waals surface area contributed by atoms with Crippen LogP contribution in [0.15, 0.2) is 29.6 Å². The zero-order valence-corrected chi connectivity index (χ0v) is 14.9. The van der Waals surface area contributed by atoms with E-state index >= 15 is 0 Å². The highest BCUT2D eigenvalue weighted by atomic mass is 35.5. The summed E-state index contributed by atoms with van der Waals surface area (Å²) in [6, 6.07) is 7.07. The van der Waals surface area contributed by atoms with Crippen molar-refractivity contribution in [3.63, 3.8) is 0 Å². The topological polar surface area (TPSA) is 83.6 Å². The molecule has 0 bridgehead atoms. The van der Waals surface area contributed by atoms with Gasteiger partial charge in [-0.2, -0.15) is 0 Å². The van der Waals surface area contributed by atoms with Gasteiger partial charge in [-0.1, -0.05) is 29.8 Å². The number of carbonyl (C=O) groups excluding carboxylic acids is 2. The van der Waals surface area contributed by atoms with Crippen molar-refractivity contribution < 1.29 is 14.3 Å². The first kappa shape index (κ1) is 17.7. The Kier molecular flexibility index (Phi) is 5.85. The van der Waals surface area contributed by atoms with Crippen molar-refractivity contribution in [2.45, 2.75) is 6.42 Å². The van der Waals surface area contributed by atoms with E-state index in [4.69, 9.17) is 16.3 Å². The molecule has 132 valence electrons. The van der Waals surface area contributed by atoms with Crippen LogP contribution >= 0.6 is 22.9 Å². The SMILES string of the molecule is O=C(Cc1ccccc1Cl)NNC(=O)c1csc(N2CCOCC2)n1. The number of aromatic nitrogens is 1. The van der Waals surface area contributed by atoms with Crippen molar-refractivity contribution in [1.29, 1.82) is 0 Å². The molecule has 0 aliphatic carbocycles. The number of nitrogens with zero attached hydrogens (tertiary/aromatic N) is 2. The van der Waals surface area contributed by atoms with E-state index in [0.29, 0.717) is 23.8 Å². The molecule has 7 nitrogen and oxygen atoms in total. The summed E-state index contributed by atoms with van der Waals surface area (Å²) in [5.74, 6) is -0.812. The average molecular weight is 381 g/mol. The number of benzene rings is 1. The van der Waals surface area contributed by atoms with Crippen LogP contribution in [0, 0.1) is 0 Å². The van der Waals surface area contributed by atoms with Crippen LogP contribution in [0.4, 0.5) is 5.13 Å². The van der Waals surface area contributed by atoms with Gasteiger partial charge < -0.3 is 9.64 Å². The monoisotopic (exact) mass is 380 g/mol. The van der Waals surface area contributed by atoms with Gasteiger partial charge in [-0.3, -0.25) is 20.4 Å². The van der Waals surface area contributed by atoms with Crippen LogP contribution < -0.4 is 15.8 Å². The van der Waals surface area contributed by atoms with Gasteiger partial charge in [0, 0.05) is 23.5 Å². The van der Waals surface area contributed by atoms with Crippen LogP contribution in [0.3, 0.4) is 0 Å². The zero-order valence-electron chi connectivity index (χ0n) is 13.3. The van der Waals surface area contributed by atoms with Crippen LogP contribution in [0.2, 0.25) is 5.02 Å². The minimum Gasteiger partial charge on any atom is -0.378 e. The van der Waals surface area contributed by atoms with E-state index in [1.807, 2.05) is 0 Å². The molecular weight excluding hydrogens is 364 g/mol. The third-order valence-electron chi connectivity index (χ3n) is 3.63. The van der Waals surface area contributed by atoms with E-state index < -0.39 is 5.91 Å². The predicted octanol–water partition coefficient (Wildman–Crippen LogP) is 1.64. The molecule has 2 N–H and O–H groups in total. The van der Waals surface area contributed by atoms with Crippen molar-refractivity contribution in [2.24, 2.45) is 0 Å². The van der Waals surface area contributed by atoms with Crippen molar-refractivity contribution in [2.75, 3.05) is 31.2 Å². The number of hydrogen-bond acceptors (Lipinski definition) is 6. The molecule has 9 heteroatoms. The Hall–Kier alpha value is -2.16. The van der Waals surface area contributed by atoms with Crippen molar-refractivity contribution in [1.82, 2.24) is 15.8 Å². The van der Waals surface area contributed by atoms with Crippen LogP contribution in [-0.2, 0) is 16.0 Å². The Bertz CT molecular complexity index is 761. The van der Waals surface area contributed by atoms with Crippen LogP contribution in [0.5, 0.6) is 0 Å². The van der Waals surface area contributed by atoms with E-state index in [9.17, 15) is 9.59 Å². The van der Waals surface area contributed by atoms with Gasteiger partial charge in [0.15, 0.2) is 5.13 Å². The summed E-state index contributed by atoms with van der Waals surface area (Å²) >= 11 is 7.41. The highest BCUT2D eigenvalue weighted by Crippen LogP contribution is 2.21. The summed E-state index contributed by atoms with van der Waals surface area (Å²) in [6.45, 7) is 2.81. The first-order valence-electron chi connectivity index (χ1n) is 7.74. The Morgan fingerprint density at radius 2 is 2.00 bits per heavy atom. The minimum absolute atomic E-state index is 0.0794. The number of rotatable bonds is 4. The molecule has 2 aromatic rings. The standard InChI is InChI=1S/C16H17ClN4O3S/c17-12-4-2-1-3-11(12)9-14(22)19-20-15(23)13-10-25-16(18-13)21-5-7-24-8-6-21/h1-4,10H,5-9H2,(H,19,22)(H,20,23). The normalized spacial score (nSPS) is 14.2. The van der Waals surface area contributed by atoms with Gasteiger partial charge in [0.2, 0.25) is 5.91 Å². The molecule has 0 radical (unpaired) electrons. The Balaban J connectivity index is 1.51. The molecule has 0 spiro atoms. The molecule has 2 amide bonds. The van der Waals surface area contributed by atoms with E-state index in [-0.39, 0.29) is 18.0 Å². The number of ether oxygens (including phenoxy) is 1. The third kappa shape index (κ3) is 4.68. The number of thiazole rings is 1. The summed E-state index contributed by atoms with van der Waals surface area (Å²) in [6.07, 6.45) is 0.0794. The summed E-state index contributed by atoms with van der Waals surface area (Å²) in [4.78, 5) is 30.4. The second-order valence-corrected chi connectivity index (χ2v) is 6.63. The molecule has 0 atom stereocenters. The quantitative estimate of drug-likeness (QED) is 0.788. The minimum atomic E-state index is -0.455. The third-order valence-corrected chi connectivity index (χ3v) is 4.90. The van der Waals surface area contributed by atoms with Gasteiger partial charge in [-0.05, 0) is 11.6 Å². The molecule has 2 heterocycles. The molecule has 1 aliphatic rings. The number of morpholine rings is 1. The van der Waals surface area contributed by atoms with Gasteiger partial charge >= 0.3 is 0 Å². The van der Waals surface area contributed by atoms with E-state index in [1.165, 1.54) is 11.3 Å². The molecule has 1 aliphatic heterocycles. The molecular formula is C16H17ClN4O3S. The summed E-state index contributed by atoms with van der Waals surface area (Å²) in [5.41, 5.74) is 5.72. The molecule has 1 aromatic heterocycles. The number of nitrogens with one attached hydrogen (secondary N) is 2. The molecule has 1 fully saturated rings. The maximum atomic E-state index is 12.1. The van der Waals surface area contributed by atoms with Crippen LogP contribution in [0.1, 0.15) is 16.1 Å². The van der Waals surface area contributed by atoms with Gasteiger partial charge in [-0.15, -0.1) is 11.3 Å².